The number of nitrogens with zero attached hydrogens (tertiary/aromatic N) is 1. The quantitative estimate of drug-likeness (QED) is 0.890. The van der Waals surface area contributed by atoms with Crippen LogP contribution in [0, 0.1) is 0 Å². The zero-order valence-electron chi connectivity index (χ0n) is 13.6. The minimum absolute atomic E-state index is 0.0261. The number of rotatable bonds is 3. The van der Waals surface area contributed by atoms with Gasteiger partial charge in [-0.05, 0) is 37.1 Å². The van der Waals surface area contributed by atoms with Gasteiger partial charge in [0.2, 0.25) is 0 Å². The Balaban J connectivity index is 1.75. The van der Waals surface area contributed by atoms with E-state index < -0.39 is 17.6 Å². The summed E-state index contributed by atoms with van der Waals surface area (Å²) in [7, 11) is 0. The summed E-state index contributed by atoms with van der Waals surface area (Å²) in [4.78, 5) is 14.2. The number of likely N-dealkylation sites (tertiary alicyclic amines) is 1. The fraction of sp³-hybridized carbons (Fsp3) is 0.316. The first-order chi connectivity index (χ1) is 11.9. The van der Waals surface area contributed by atoms with Gasteiger partial charge in [0.25, 0.3) is 5.91 Å². The highest BCUT2D eigenvalue weighted by Gasteiger charge is 2.36. The molecule has 1 N–H and O–H groups in total. The molecule has 1 atom stereocenters. The summed E-state index contributed by atoms with van der Waals surface area (Å²) in [5, 5.41) is 3.35. The van der Waals surface area contributed by atoms with Crippen molar-refractivity contribution in [2.45, 2.75) is 25.1 Å². The van der Waals surface area contributed by atoms with Crippen LogP contribution in [-0.2, 0) is 6.18 Å². The molecule has 1 saturated heterocycles. The number of benzene rings is 2. The zero-order chi connectivity index (χ0) is 17.9. The molecule has 0 aromatic heterocycles. The third kappa shape index (κ3) is 4.13. The van der Waals surface area contributed by atoms with Crippen LogP contribution < -0.4 is 5.32 Å². The highest BCUT2D eigenvalue weighted by atomic mass is 19.4. The molecule has 6 heteroatoms. The first kappa shape index (κ1) is 17.3. The molecular formula is C19H19F3N2O. The number of amides is 1. The molecule has 2 aromatic carbocycles. The molecule has 1 heterocycles. The molecule has 25 heavy (non-hydrogen) atoms. The van der Waals surface area contributed by atoms with Crippen LogP contribution in [0.2, 0.25) is 0 Å². The van der Waals surface area contributed by atoms with E-state index in [-0.39, 0.29) is 11.6 Å². The van der Waals surface area contributed by atoms with Gasteiger partial charge in [-0.15, -0.1) is 0 Å². The van der Waals surface area contributed by atoms with Crippen LogP contribution in [0.3, 0.4) is 0 Å². The fourth-order valence-electron chi connectivity index (χ4n) is 3.14. The maximum Gasteiger partial charge on any atom is 0.417 e. The molecule has 1 unspecified atom stereocenters. The van der Waals surface area contributed by atoms with Crippen molar-refractivity contribution in [3.63, 3.8) is 0 Å². The van der Waals surface area contributed by atoms with Crippen molar-refractivity contribution >= 4 is 11.6 Å². The van der Waals surface area contributed by atoms with Gasteiger partial charge in [-0.3, -0.25) is 4.79 Å². The number of halogens is 3. The lowest BCUT2D eigenvalue weighted by Gasteiger charge is -2.34. The van der Waals surface area contributed by atoms with E-state index in [9.17, 15) is 18.0 Å². The molecule has 0 bridgehead atoms. The van der Waals surface area contributed by atoms with Crippen molar-refractivity contribution in [3.05, 3.63) is 65.7 Å². The molecule has 1 amide bonds. The standard InChI is InChI=1S/C19H19F3N2O/c20-19(21,22)17-11-5-4-10-16(17)18(25)24-12-6-9-15(13-24)23-14-7-2-1-3-8-14/h1-5,7-8,10-11,15,23H,6,9,12-13H2. The van der Waals surface area contributed by atoms with Crippen LogP contribution in [-0.4, -0.2) is 29.9 Å². The Labute approximate surface area is 144 Å². The van der Waals surface area contributed by atoms with Gasteiger partial charge in [0.1, 0.15) is 0 Å². The predicted octanol–water partition coefficient (Wildman–Crippen LogP) is 4.42. The Morgan fingerprint density at radius 1 is 1.04 bits per heavy atom. The topological polar surface area (TPSA) is 32.3 Å². The minimum Gasteiger partial charge on any atom is -0.381 e. The van der Waals surface area contributed by atoms with E-state index >= 15 is 0 Å². The van der Waals surface area contributed by atoms with Crippen molar-refractivity contribution in [2.75, 3.05) is 18.4 Å². The smallest absolute Gasteiger partial charge is 0.381 e. The summed E-state index contributed by atoms with van der Waals surface area (Å²) >= 11 is 0. The summed E-state index contributed by atoms with van der Waals surface area (Å²) in [5.41, 5.74) is -0.217. The molecule has 0 radical (unpaired) electrons. The zero-order valence-corrected chi connectivity index (χ0v) is 13.6. The van der Waals surface area contributed by atoms with E-state index in [1.54, 1.807) is 0 Å². The Morgan fingerprint density at radius 2 is 1.72 bits per heavy atom. The monoisotopic (exact) mass is 348 g/mol. The first-order valence-corrected chi connectivity index (χ1v) is 8.22. The molecule has 3 rings (SSSR count). The average Bonchev–Trinajstić information content (AvgIpc) is 2.61. The van der Waals surface area contributed by atoms with Gasteiger partial charge in [0, 0.05) is 24.8 Å². The second-order valence-electron chi connectivity index (χ2n) is 6.14. The predicted molar refractivity (Wildman–Crippen MR) is 90.4 cm³/mol. The van der Waals surface area contributed by atoms with Crippen LogP contribution in [0.15, 0.2) is 54.6 Å². The van der Waals surface area contributed by atoms with Crippen LogP contribution in [0.4, 0.5) is 18.9 Å². The second-order valence-corrected chi connectivity index (χ2v) is 6.14. The Bertz CT molecular complexity index is 731. The largest absolute Gasteiger partial charge is 0.417 e. The molecule has 1 aliphatic rings. The Hall–Kier alpha value is -2.50. The number of carbonyl (C=O) groups is 1. The van der Waals surface area contributed by atoms with E-state index in [1.165, 1.54) is 23.1 Å². The second kappa shape index (κ2) is 7.17. The van der Waals surface area contributed by atoms with Gasteiger partial charge >= 0.3 is 6.18 Å². The maximum atomic E-state index is 13.2. The number of alkyl halides is 3. The Morgan fingerprint density at radius 3 is 2.44 bits per heavy atom. The van der Waals surface area contributed by atoms with Crippen LogP contribution in [0.25, 0.3) is 0 Å². The van der Waals surface area contributed by atoms with Crippen molar-refractivity contribution in [2.24, 2.45) is 0 Å². The van der Waals surface area contributed by atoms with Gasteiger partial charge in [-0.2, -0.15) is 13.2 Å². The fourth-order valence-corrected chi connectivity index (χ4v) is 3.14. The first-order valence-electron chi connectivity index (χ1n) is 8.22. The lowest BCUT2D eigenvalue weighted by atomic mass is 10.0. The molecule has 0 saturated carbocycles. The van der Waals surface area contributed by atoms with E-state index in [1.807, 2.05) is 30.3 Å². The summed E-state index contributed by atoms with van der Waals surface area (Å²) in [6.45, 7) is 0.859. The third-order valence-corrected chi connectivity index (χ3v) is 4.32. The number of hydrogen-bond donors (Lipinski definition) is 1. The molecule has 2 aromatic rings. The lowest BCUT2D eigenvalue weighted by molar-refractivity contribution is -0.138. The SMILES string of the molecule is O=C(c1ccccc1C(F)(F)F)N1CCCC(Nc2ccccc2)C1. The number of anilines is 1. The van der Waals surface area contributed by atoms with E-state index in [0.717, 1.165) is 24.6 Å². The van der Waals surface area contributed by atoms with Crippen LogP contribution >= 0.6 is 0 Å². The van der Waals surface area contributed by atoms with E-state index in [0.29, 0.717) is 13.1 Å². The highest BCUT2D eigenvalue weighted by molar-refractivity contribution is 5.96. The lowest BCUT2D eigenvalue weighted by Crippen LogP contribution is -2.45. The number of piperidine rings is 1. The summed E-state index contributed by atoms with van der Waals surface area (Å²) in [5.74, 6) is -0.563. The summed E-state index contributed by atoms with van der Waals surface area (Å²) in [6, 6.07) is 14.6. The maximum absolute atomic E-state index is 13.2. The van der Waals surface area contributed by atoms with Crippen LogP contribution in [0.5, 0.6) is 0 Å². The summed E-state index contributed by atoms with van der Waals surface area (Å²) < 4.78 is 39.5. The van der Waals surface area contributed by atoms with E-state index in [4.69, 9.17) is 0 Å². The molecule has 0 aliphatic carbocycles. The van der Waals surface area contributed by atoms with Gasteiger partial charge in [0.05, 0.1) is 11.1 Å². The van der Waals surface area contributed by atoms with Crippen LogP contribution in [0.1, 0.15) is 28.8 Å². The molecule has 3 nitrogen and oxygen atoms in total. The van der Waals surface area contributed by atoms with Crippen molar-refractivity contribution in [3.8, 4) is 0 Å². The molecule has 0 spiro atoms. The third-order valence-electron chi connectivity index (χ3n) is 4.32. The minimum atomic E-state index is -4.54. The van der Waals surface area contributed by atoms with E-state index in [2.05, 4.69) is 5.32 Å². The average molecular weight is 348 g/mol. The van der Waals surface area contributed by atoms with Gasteiger partial charge in [-0.1, -0.05) is 30.3 Å². The number of para-hydroxylation sites is 1. The van der Waals surface area contributed by atoms with Gasteiger partial charge in [0.15, 0.2) is 0 Å². The number of carbonyl (C=O) groups excluding carboxylic acids is 1. The number of nitrogens with one attached hydrogen (secondary N) is 1. The molecule has 1 fully saturated rings. The van der Waals surface area contributed by atoms with Crippen molar-refractivity contribution in [1.82, 2.24) is 4.90 Å². The molecular weight excluding hydrogens is 329 g/mol. The van der Waals surface area contributed by atoms with Crippen molar-refractivity contribution in [1.29, 1.82) is 0 Å². The number of hydrogen-bond acceptors (Lipinski definition) is 2. The highest BCUT2D eigenvalue weighted by Crippen LogP contribution is 2.32. The molecule has 1 aliphatic heterocycles. The molecule has 132 valence electrons. The summed E-state index contributed by atoms with van der Waals surface area (Å²) in [6.07, 6.45) is -2.91. The van der Waals surface area contributed by atoms with Crippen molar-refractivity contribution < 1.29 is 18.0 Å². The van der Waals surface area contributed by atoms with Gasteiger partial charge in [-0.25, -0.2) is 0 Å². The normalized spacial score (nSPS) is 18.0. The van der Waals surface area contributed by atoms with Gasteiger partial charge < -0.3 is 10.2 Å². The Kier molecular flexibility index (Phi) is 4.97.